The zero-order chi connectivity index (χ0) is 20.5. The molecule has 0 radical (unpaired) electrons. The van der Waals surface area contributed by atoms with Crippen LogP contribution >= 0.6 is 12.6 Å². The molecular weight excluding hydrogens is 378 g/mol. The van der Waals surface area contributed by atoms with Gasteiger partial charge in [-0.15, -0.1) is 0 Å². The molecule has 2 atom stereocenters. The third-order valence-corrected chi connectivity index (χ3v) is 4.49. The number of aryl methyl sites for hydroxylation is 1. The molecule has 0 aliphatic carbocycles. The van der Waals surface area contributed by atoms with Gasteiger partial charge in [0.05, 0.1) is 12.4 Å². The quantitative estimate of drug-likeness (QED) is 0.447. The Balaban J connectivity index is 2.06. The minimum Gasteiger partial charge on any atom is -0.508 e. The van der Waals surface area contributed by atoms with Crippen LogP contribution in [0.5, 0.6) is 5.75 Å². The summed E-state index contributed by atoms with van der Waals surface area (Å²) in [4.78, 5) is 23.7. The van der Waals surface area contributed by atoms with Crippen molar-refractivity contribution in [2.24, 2.45) is 5.92 Å². The molecule has 0 fully saturated rings. The maximum atomic E-state index is 12.4. The second kappa shape index (κ2) is 10.6. The standard InChI is InChI=1S/C21H25NO5S/c1-14-3-7-17(8-4-14)22-21(25)27-20(16-5-9-18(23)10-6-16)15(2)11-12-26-19(24)13-28/h3-10,15,20,23,28H,11-13H2,1-2H3,(H,22,25)/t15-,20-/m0/s1. The molecule has 2 aromatic rings. The Morgan fingerprint density at radius 3 is 2.36 bits per heavy atom. The van der Waals surface area contributed by atoms with E-state index < -0.39 is 18.2 Å². The summed E-state index contributed by atoms with van der Waals surface area (Å²) in [5, 5.41) is 12.2. The third-order valence-electron chi connectivity index (χ3n) is 4.24. The summed E-state index contributed by atoms with van der Waals surface area (Å²) < 4.78 is 10.7. The van der Waals surface area contributed by atoms with Crippen molar-refractivity contribution in [1.82, 2.24) is 0 Å². The Morgan fingerprint density at radius 1 is 1.11 bits per heavy atom. The minimum absolute atomic E-state index is 0.0191. The fourth-order valence-electron chi connectivity index (χ4n) is 2.63. The number of benzene rings is 2. The van der Waals surface area contributed by atoms with E-state index in [1.165, 1.54) is 12.1 Å². The highest BCUT2D eigenvalue weighted by atomic mass is 32.1. The first-order chi connectivity index (χ1) is 13.4. The van der Waals surface area contributed by atoms with Gasteiger partial charge >= 0.3 is 12.1 Å². The molecule has 2 rings (SSSR count). The van der Waals surface area contributed by atoms with Crippen LogP contribution < -0.4 is 5.32 Å². The van der Waals surface area contributed by atoms with E-state index in [2.05, 4.69) is 17.9 Å². The molecule has 0 bridgehead atoms. The lowest BCUT2D eigenvalue weighted by Gasteiger charge is -2.25. The molecule has 150 valence electrons. The largest absolute Gasteiger partial charge is 0.508 e. The lowest BCUT2D eigenvalue weighted by atomic mass is 9.94. The van der Waals surface area contributed by atoms with Crippen molar-refractivity contribution >= 4 is 30.4 Å². The van der Waals surface area contributed by atoms with Crippen LogP contribution in [-0.2, 0) is 14.3 Å². The topological polar surface area (TPSA) is 84.9 Å². The summed E-state index contributed by atoms with van der Waals surface area (Å²) in [7, 11) is 0. The van der Waals surface area contributed by atoms with E-state index in [4.69, 9.17) is 9.47 Å². The highest BCUT2D eigenvalue weighted by Gasteiger charge is 2.24. The number of anilines is 1. The van der Waals surface area contributed by atoms with Crippen LogP contribution in [0.4, 0.5) is 10.5 Å². The van der Waals surface area contributed by atoms with Crippen LogP contribution in [0.1, 0.15) is 30.6 Å². The van der Waals surface area contributed by atoms with Gasteiger partial charge < -0.3 is 14.6 Å². The molecule has 7 heteroatoms. The molecule has 1 amide bonds. The molecular formula is C21H25NO5S. The summed E-state index contributed by atoms with van der Waals surface area (Å²) in [6, 6.07) is 13.9. The van der Waals surface area contributed by atoms with Crippen LogP contribution in [0.2, 0.25) is 0 Å². The molecule has 6 nitrogen and oxygen atoms in total. The van der Waals surface area contributed by atoms with Crippen LogP contribution in [-0.4, -0.2) is 29.5 Å². The second-order valence-corrected chi connectivity index (χ2v) is 6.87. The smallest absolute Gasteiger partial charge is 0.412 e. The molecule has 0 aromatic heterocycles. The van der Waals surface area contributed by atoms with Gasteiger partial charge in [-0.3, -0.25) is 10.1 Å². The molecule has 0 aliphatic rings. The number of hydrogen-bond donors (Lipinski definition) is 3. The SMILES string of the molecule is Cc1ccc(NC(=O)O[C@H](c2ccc(O)cc2)[C@@H](C)CCOC(=O)CS)cc1. The van der Waals surface area contributed by atoms with Crippen LogP contribution in [0, 0.1) is 12.8 Å². The number of thiol groups is 1. The third kappa shape index (κ3) is 6.81. The number of carbonyl (C=O) groups is 2. The van der Waals surface area contributed by atoms with Crippen molar-refractivity contribution in [1.29, 1.82) is 0 Å². The van der Waals surface area contributed by atoms with Gasteiger partial charge in [0.15, 0.2) is 0 Å². The maximum Gasteiger partial charge on any atom is 0.412 e. The van der Waals surface area contributed by atoms with Gasteiger partial charge in [0.1, 0.15) is 11.9 Å². The summed E-state index contributed by atoms with van der Waals surface area (Å²) >= 11 is 3.87. The number of amides is 1. The minimum atomic E-state index is -0.582. The predicted molar refractivity (Wildman–Crippen MR) is 111 cm³/mol. The molecule has 0 heterocycles. The Morgan fingerprint density at radius 2 is 1.75 bits per heavy atom. The van der Waals surface area contributed by atoms with E-state index in [1.807, 2.05) is 26.0 Å². The highest BCUT2D eigenvalue weighted by Crippen LogP contribution is 2.30. The monoisotopic (exact) mass is 403 g/mol. The Kier molecular flexibility index (Phi) is 8.19. The number of phenolic OH excluding ortho intramolecular Hbond substituents is 1. The molecule has 2 N–H and O–H groups in total. The summed E-state index contributed by atoms with van der Waals surface area (Å²) in [6.45, 7) is 4.08. The normalized spacial score (nSPS) is 12.7. The fourth-order valence-corrected chi connectivity index (χ4v) is 2.72. The van der Waals surface area contributed by atoms with E-state index in [-0.39, 0.29) is 24.0 Å². The van der Waals surface area contributed by atoms with Crippen molar-refractivity contribution in [3.63, 3.8) is 0 Å². The van der Waals surface area contributed by atoms with E-state index in [1.54, 1.807) is 24.3 Å². The first kappa shape index (κ1) is 21.6. The van der Waals surface area contributed by atoms with E-state index in [9.17, 15) is 14.7 Å². The first-order valence-corrected chi connectivity index (χ1v) is 9.62. The summed E-state index contributed by atoms with van der Waals surface area (Å²) in [6.07, 6.45) is -0.648. The molecule has 0 spiro atoms. The molecule has 28 heavy (non-hydrogen) atoms. The van der Waals surface area contributed by atoms with Crippen molar-refractivity contribution in [2.45, 2.75) is 26.4 Å². The van der Waals surface area contributed by atoms with Crippen molar-refractivity contribution in [2.75, 3.05) is 17.7 Å². The molecule has 0 aliphatic heterocycles. The predicted octanol–water partition coefficient (Wildman–Crippen LogP) is 4.49. The van der Waals surface area contributed by atoms with Crippen LogP contribution in [0.15, 0.2) is 48.5 Å². The van der Waals surface area contributed by atoms with Crippen LogP contribution in [0.3, 0.4) is 0 Å². The Labute approximate surface area is 170 Å². The van der Waals surface area contributed by atoms with Crippen molar-refractivity contribution in [3.8, 4) is 5.75 Å². The summed E-state index contributed by atoms with van der Waals surface area (Å²) in [5.74, 6) is -0.372. The van der Waals surface area contributed by atoms with Gasteiger partial charge in [0.25, 0.3) is 0 Å². The number of aromatic hydroxyl groups is 1. The average Bonchev–Trinajstić information content (AvgIpc) is 2.68. The lowest BCUT2D eigenvalue weighted by Crippen LogP contribution is -2.23. The van der Waals surface area contributed by atoms with Gasteiger partial charge in [-0.25, -0.2) is 4.79 Å². The van der Waals surface area contributed by atoms with E-state index in [0.717, 1.165) is 11.1 Å². The Bertz CT molecular complexity index is 776. The van der Waals surface area contributed by atoms with Gasteiger partial charge in [-0.1, -0.05) is 36.8 Å². The van der Waals surface area contributed by atoms with E-state index in [0.29, 0.717) is 12.1 Å². The second-order valence-electron chi connectivity index (χ2n) is 6.55. The van der Waals surface area contributed by atoms with Gasteiger partial charge in [0.2, 0.25) is 0 Å². The maximum absolute atomic E-state index is 12.4. The number of hydrogen-bond acceptors (Lipinski definition) is 6. The van der Waals surface area contributed by atoms with E-state index >= 15 is 0 Å². The molecule has 2 aromatic carbocycles. The molecule has 0 unspecified atom stereocenters. The zero-order valence-corrected chi connectivity index (χ0v) is 16.8. The average molecular weight is 404 g/mol. The van der Waals surface area contributed by atoms with Gasteiger partial charge in [0, 0.05) is 11.6 Å². The highest BCUT2D eigenvalue weighted by molar-refractivity contribution is 7.81. The number of ether oxygens (including phenoxy) is 2. The number of esters is 1. The lowest BCUT2D eigenvalue weighted by molar-refractivity contribution is -0.141. The number of rotatable bonds is 8. The number of nitrogens with one attached hydrogen (secondary N) is 1. The van der Waals surface area contributed by atoms with Gasteiger partial charge in [-0.05, 0) is 43.2 Å². The molecule has 0 saturated carbocycles. The van der Waals surface area contributed by atoms with Crippen molar-refractivity contribution in [3.05, 3.63) is 59.7 Å². The first-order valence-electron chi connectivity index (χ1n) is 8.98. The van der Waals surface area contributed by atoms with Crippen molar-refractivity contribution < 1.29 is 24.2 Å². The fraction of sp³-hybridized carbons (Fsp3) is 0.333. The van der Waals surface area contributed by atoms with Crippen LogP contribution in [0.25, 0.3) is 0 Å². The van der Waals surface area contributed by atoms with Gasteiger partial charge in [-0.2, -0.15) is 12.6 Å². The number of carbonyl (C=O) groups excluding carboxylic acids is 2. The summed E-state index contributed by atoms with van der Waals surface area (Å²) in [5.41, 5.74) is 2.46. The molecule has 0 saturated heterocycles. The number of phenols is 1. The Hall–Kier alpha value is -2.67. The zero-order valence-electron chi connectivity index (χ0n) is 15.9.